The molecule has 5 N–H and O–H groups in total. The Kier molecular flexibility index (Phi) is 9.75. The van der Waals surface area contributed by atoms with Gasteiger partial charge < -0.3 is 11.1 Å². The molecule has 242 valence electrons. The Balaban J connectivity index is 1.65. The molecule has 3 unspecified atom stereocenters. The zero-order valence-electron chi connectivity index (χ0n) is 25.2. The van der Waals surface area contributed by atoms with Crippen LogP contribution >= 0.6 is 23.2 Å². The van der Waals surface area contributed by atoms with Crippen LogP contribution in [0.3, 0.4) is 0 Å². The number of carbonyl (C=O) groups is 1. The van der Waals surface area contributed by atoms with Crippen LogP contribution in [0.1, 0.15) is 51.9 Å². The van der Waals surface area contributed by atoms with E-state index in [0.29, 0.717) is 50.7 Å². The van der Waals surface area contributed by atoms with E-state index in [-0.39, 0.29) is 34.3 Å². The highest BCUT2D eigenvalue weighted by atomic mass is 35.5. The Morgan fingerprint density at radius 1 is 1.15 bits per heavy atom. The van der Waals surface area contributed by atoms with Crippen molar-refractivity contribution in [3.05, 3.63) is 87.5 Å². The number of amides is 1. The summed E-state index contributed by atoms with van der Waals surface area (Å²) in [5.74, 6) is 5.37. The number of halogens is 4. The van der Waals surface area contributed by atoms with Crippen LogP contribution in [0, 0.1) is 17.8 Å². The van der Waals surface area contributed by atoms with Gasteiger partial charge in [-0.15, -0.1) is 0 Å². The summed E-state index contributed by atoms with van der Waals surface area (Å²) < 4.78 is 30.2. The van der Waals surface area contributed by atoms with Crippen molar-refractivity contribution in [1.29, 1.82) is 0 Å². The first-order valence-electron chi connectivity index (χ1n) is 14.5. The molecule has 0 saturated carbocycles. The predicted molar refractivity (Wildman–Crippen MR) is 174 cm³/mol. The summed E-state index contributed by atoms with van der Waals surface area (Å²) in [5.41, 5.74) is 7.39. The zero-order chi connectivity index (χ0) is 33.3. The van der Waals surface area contributed by atoms with Gasteiger partial charge in [-0.1, -0.05) is 44.0 Å². The molecule has 4 aromatic rings. The third-order valence-corrected chi connectivity index (χ3v) is 8.60. The van der Waals surface area contributed by atoms with Crippen LogP contribution in [0.15, 0.2) is 71.3 Å². The van der Waals surface area contributed by atoms with Gasteiger partial charge in [-0.2, -0.15) is 13.9 Å². The Bertz CT molecular complexity index is 1840. The number of hydrogen-bond donors (Lipinski definition) is 3. The highest BCUT2D eigenvalue weighted by Gasteiger charge is 2.31. The van der Waals surface area contributed by atoms with Crippen LogP contribution in [-0.4, -0.2) is 30.2 Å². The molecule has 1 aromatic carbocycles. The van der Waals surface area contributed by atoms with E-state index >= 15 is 0 Å². The second kappa shape index (κ2) is 13.6. The van der Waals surface area contributed by atoms with E-state index in [9.17, 15) is 18.4 Å². The van der Waals surface area contributed by atoms with Crippen molar-refractivity contribution >= 4 is 40.5 Å². The Labute approximate surface area is 273 Å². The number of nitrogens with one attached hydrogen (secondary N) is 1. The summed E-state index contributed by atoms with van der Waals surface area (Å²) in [6, 6.07) is 8.80. The highest BCUT2D eigenvalue weighted by Crippen LogP contribution is 2.37. The van der Waals surface area contributed by atoms with E-state index in [0.717, 1.165) is 0 Å². The van der Waals surface area contributed by atoms with Gasteiger partial charge in [-0.3, -0.25) is 24.1 Å². The third kappa shape index (κ3) is 6.76. The number of pyridine rings is 1. The zero-order valence-corrected chi connectivity index (χ0v) is 26.8. The van der Waals surface area contributed by atoms with E-state index in [4.69, 9.17) is 34.8 Å². The maximum Gasteiger partial charge on any atom is 0.333 e. The van der Waals surface area contributed by atoms with E-state index < -0.39 is 24.1 Å². The Morgan fingerprint density at radius 2 is 1.91 bits per heavy atom. The third-order valence-electron chi connectivity index (χ3n) is 8.27. The molecular weight excluding hydrogens is 639 g/mol. The molecule has 0 radical (unpaired) electrons. The van der Waals surface area contributed by atoms with E-state index in [1.165, 1.54) is 40.6 Å². The van der Waals surface area contributed by atoms with Crippen LogP contribution < -0.4 is 27.5 Å². The van der Waals surface area contributed by atoms with Gasteiger partial charge in [0.05, 0.1) is 53.2 Å². The Hall–Kier alpha value is -4.33. The average Bonchev–Trinajstić information content (AvgIpc) is 3.42. The molecule has 0 fully saturated rings. The first kappa shape index (κ1) is 33.0. The lowest BCUT2D eigenvalue weighted by atomic mass is 9.79. The molecule has 1 aliphatic heterocycles. The first-order chi connectivity index (χ1) is 21.8. The molecule has 3 aromatic heterocycles. The first-order valence-corrected chi connectivity index (χ1v) is 15.3. The monoisotopic (exact) mass is 671 g/mol. The van der Waals surface area contributed by atoms with Gasteiger partial charge in [0.15, 0.2) is 0 Å². The number of hydrogen-bond acceptors (Lipinski definition) is 8. The van der Waals surface area contributed by atoms with Gasteiger partial charge in [0.1, 0.15) is 5.16 Å². The van der Waals surface area contributed by atoms with Gasteiger partial charge in [0.25, 0.3) is 5.56 Å². The highest BCUT2D eigenvalue weighted by molar-refractivity contribution is 6.31. The number of rotatable bonds is 6. The second-order valence-electron chi connectivity index (χ2n) is 11.5. The number of fused-ring (bicyclic) bond motifs is 4. The molecule has 1 aliphatic rings. The van der Waals surface area contributed by atoms with Crippen molar-refractivity contribution in [1.82, 2.24) is 24.3 Å². The topological polar surface area (TPSA) is 150 Å². The molecular formula is C31H33Cl2F2N9O2. The lowest BCUT2D eigenvalue weighted by Crippen LogP contribution is -2.32. The van der Waals surface area contributed by atoms with E-state index in [2.05, 4.69) is 20.4 Å². The van der Waals surface area contributed by atoms with Gasteiger partial charge >= 0.3 is 6.55 Å². The maximum atomic E-state index is 14.1. The van der Waals surface area contributed by atoms with Crippen LogP contribution in [0.25, 0.3) is 22.5 Å². The quantitative estimate of drug-likeness (QED) is 0.126. The summed E-state index contributed by atoms with van der Waals surface area (Å²) in [7, 11) is 0. The summed E-state index contributed by atoms with van der Waals surface area (Å²) in [6.07, 6.45) is 6.39. The van der Waals surface area contributed by atoms with Gasteiger partial charge in [-0.25, -0.2) is 15.5 Å². The summed E-state index contributed by atoms with van der Waals surface area (Å²) in [5, 5.41) is 8.20. The van der Waals surface area contributed by atoms with E-state index in [1.807, 2.05) is 20.8 Å². The van der Waals surface area contributed by atoms with Crippen molar-refractivity contribution in [2.24, 2.45) is 29.3 Å². The Morgan fingerprint density at radius 3 is 2.59 bits per heavy atom. The molecule has 2 bridgehead atoms. The maximum absolute atomic E-state index is 14.1. The molecule has 11 nitrogen and oxygen atoms in total. The normalized spacial score (nSPS) is 19.0. The van der Waals surface area contributed by atoms with E-state index in [1.54, 1.807) is 30.3 Å². The summed E-state index contributed by atoms with van der Waals surface area (Å²) in [4.78, 5) is 36.4. The number of aromatic nitrogens is 5. The molecule has 0 spiro atoms. The van der Waals surface area contributed by atoms with Crippen molar-refractivity contribution in [2.45, 2.75) is 46.2 Å². The number of anilines is 2. The van der Waals surface area contributed by atoms with Crippen molar-refractivity contribution in [2.75, 3.05) is 10.3 Å². The molecule has 0 aliphatic carbocycles. The van der Waals surface area contributed by atoms with Crippen LogP contribution in [0.2, 0.25) is 5.02 Å². The number of carbonyl (C=O) groups excluding carboxylic acids is 1. The smallest absolute Gasteiger partial charge is 0.333 e. The number of benzene rings is 1. The fourth-order valence-corrected chi connectivity index (χ4v) is 6.26. The number of alkyl halides is 2. The van der Waals surface area contributed by atoms with Crippen LogP contribution in [0.5, 0.6) is 0 Å². The molecule has 46 heavy (non-hydrogen) atoms. The fourth-order valence-electron chi connectivity index (χ4n) is 5.98. The largest absolute Gasteiger partial charge is 0.388 e. The van der Waals surface area contributed by atoms with Gasteiger partial charge in [0, 0.05) is 34.3 Å². The molecule has 4 heterocycles. The minimum absolute atomic E-state index is 0.0342. The average molecular weight is 673 g/mol. The fraction of sp³-hybridized carbons (Fsp3) is 0.323. The minimum atomic E-state index is -2.96. The minimum Gasteiger partial charge on any atom is -0.388 e. The molecule has 3 atom stereocenters. The number of nitrogens with zero attached hydrogens (tertiary/aromatic N) is 6. The summed E-state index contributed by atoms with van der Waals surface area (Å²) in [6.45, 7) is 2.90. The standard InChI is InChI=1S/C31H33Cl2F2N9O2/c1-16(2)20-5-7-26(23-10-18(8-9-38-23)29-24(41-30(46)17(20)3)13-40-44(29)31(34)35)42-15-39-22(12-28(42)45)21-11-19(32)4-6-25(21)43(37)14-27(33)36/h4,6,8-17,20,26,31H,5,7,36-37H2,1-3H3,(H,41,46)/b27-14-. The van der Waals surface area contributed by atoms with Crippen molar-refractivity contribution in [3.63, 3.8) is 0 Å². The number of nitrogens with two attached hydrogens (primary N) is 2. The molecule has 15 heteroatoms. The van der Waals surface area contributed by atoms with Crippen molar-refractivity contribution < 1.29 is 13.6 Å². The predicted octanol–water partition coefficient (Wildman–Crippen LogP) is 6.12. The lowest BCUT2D eigenvalue weighted by Gasteiger charge is -2.30. The molecule has 0 saturated heterocycles. The molecule has 1 amide bonds. The number of hydrazine groups is 1. The SMILES string of the molecule is CC(C)C1CCC(n2cnc(-c3cc(Cl)ccc3N(N)/C=C(\N)Cl)cc2=O)c2cc(ccn2)-c2c(cnn2C(F)F)NC(=O)C1C. The van der Waals surface area contributed by atoms with Gasteiger partial charge in [0.2, 0.25) is 5.91 Å². The van der Waals surface area contributed by atoms with Crippen LogP contribution in [0.4, 0.5) is 20.2 Å². The lowest BCUT2D eigenvalue weighted by molar-refractivity contribution is -0.121. The summed E-state index contributed by atoms with van der Waals surface area (Å²) >= 11 is 12.1. The van der Waals surface area contributed by atoms with Crippen LogP contribution in [-0.2, 0) is 4.79 Å². The van der Waals surface area contributed by atoms with Gasteiger partial charge in [-0.05, 0) is 55.0 Å². The molecule has 5 rings (SSSR count). The second-order valence-corrected chi connectivity index (χ2v) is 12.4. The van der Waals surface area contributed by atoms with Crippen molar-refractivity contribution in [3.8, 4) is 22.5 Å².